The van der Waals surface area contributed by atoms with Crippen LogP contribution in [-0.2, 0) is 9.59 Å². The molecule has 2 amide bonds. The average molecular weight is 425 g/mol. The molecule has 154 valence electrons. The van der Waals surface area contributed by atoms with Gasteiger partial charge in [0.1, 0.15) is 11.9 Å². The summed E-state index contributed by atoms with van der Waals surface area (Å²) in [6.07, 6.45) is 10.7. The largest absolute Gasteiger partial charge is 0.351 e. The van der Waals surface area contributed by atoms with Crippen LogP contribution in [0.15, 0.2) is 24.3 Å². The van der Waals surface area contributed by atoms with Crippen molar-refractivity contribution in [3.63, 3.8) is 0 Å². The lowest BCUT2D eigenvalue weighted by atomic mass is 10.00. The van der Waals surface area contributed by atoms with Crippen molar-refractivity contribution in [3.8, 4) is 0 Å². The van der Waals surface area contributed by atoms with Gasteiger partial charge in [-0.05, 0) is 43.4 Å². The van der Waals surface area contributed by atoms with Crippen molar-refractivity contribution in [1.29, 1.82) is 0 Å². The monoisotopic (exact) mass is 424 g/mol. The molecule has 0 saturated heterocycles. The first kappa shape index (κ1) is 21.4. The van der Waals surface area contributed by atoms with Gasteiger partial charge >= 0.3 is 0 Å². The number of halogens is 2. The lowest BCUT2D eigenvalue weighted by molar-refractivity contribution is -0.142. The smallest absolute Gasteiger partial charge is 0.247 e. The van der Waals surface area contributed by atoms with Crippen LogP contribution in [0.1, 0.15) is 75.8 Å². The quantitative estimate of drug-likeness (QED) is 0.501. The zero-order valence-electron chi connectivity index (χ0n) is 16.3. The molecule has 3 rings (SSSR count). The van der Waals surface area contributed by atoms with E-state index in [9.17, 15) is 9.59 Å². The predicted octanol–water partition coefficient (Wildman–Crippen LogP) is 5.23. The molecule has 0 bridgehead atoms. The Kier molecular flexibility index (Phi) is 8.04. The maximum Gasteiger partial charge on any atom is 0.247 e. The number of hydrogen-bond donors (Lipinski definition) is 1. The first-order valence-corrected chi connectivity index (χ1v) is 11.4. The third-order valence-corrected chi connectivity index (χ3v) is 6.51. The average Bonchev–Trinajstić information content (AvgIpc) is 3.10. The van der Waals surface area contributed by atoms with Crippen LogP contribution in [0.3, 0.4) is 0 Å². The zero-order valence-corrected chi connectivity index (χ0v) is 17.9. The van der Waals surface area contributed by atoms with Crippen molar-refractivity contribution in [1.82, 2.24) is 10.2 Å². The molecule has 0 spiro atoms. The van der Waals surface area contributed by atoms with Gasteiger partial charge in [0.15, 0.2) is 0 Å². The zero-order chi connectivity index (χ0) is 19.9. The highest BCUT2D eigenvalue weighted by atomic mass is 35.5. The lowest BCUT2D eigenvalue weighted by Crippen LogP contribution is -2.50. The molecule has 0 radical (unpaired) electrons. The molecule has 2 aliphatic rings. The summed E-state index contributed by atoms with van der Waals surface area (Å²) in [5.41, 5.74) is 0.792. The van der Waals surface area contributed by atoms with Gasteiger partial charge in [0.2, 0.25) is 11.8 Å². The third kappa shape index (κ3) is 5.42. The number of benzene rings is 1. The molecule has 1 N–H and O–H groups in total. The Balaban J connectivity index is 1.89. The molecule has 0 heterocycles. The second kappa shape index (κ2) is 10.5. The molecule has 28 heavy (non-hydrogen) atoms. The van der Waals surface area contributed by atoms with E-state index in [1.165, 1.54) is 12.8 Å². The second-order valence-electron chi connectivity index (χ2n) is 8.02. The molecular weight excluding hydrogens is 395 g/mol. The van der Waals surface area contributed by atoms with Gasteiger partial charge in [-0.3, -0.25) is 9.59 Å². The Morgan fingerprint density at radius 2 is 1.54 bits per heavy atom. The standard InChI is InChI=1S/C22H30Cl2N2O2/c23-15-20(27)26(19-9-5-6-10-19)21(16-11-13-17(24)14-12-16)22(28)25-18-7-3-1-2-4-8-18/h11-14,18-19,21H,1-10,15H2,(H,25,28)/t21-/m1/s1. The molecule has 0 aliphatic heterocycles. The van der Waals surface area contributed by atoms with Crippen LogP contribution in [0.2, 0.25) is 5.02 Å². The fourth-order valence-corrected chi connectivity index (χ4v) is 4.86. The number of carbonyl (C=O) groups excluding carboxylic acids is 2. The van der Waals surface area contributed by atoms with Gasteiger partial charge in [-0.1, -0.05) is 62.3 Å². The number of amides is 2. The van der Waals surface area contributed by atoms with Crippen LogP contribution in [0.4, 0.5) is 0 Å². The summed E-state index contributed by atoms with van der Waals surface area (Å²) in [5.74, 6) is -0.388. The van der Waals surface area contributed by atoms with E-state index in [-0.39, 0.29) is 29.8 Å². The molecule has 2 aliphatic carbocycles. The van der Waals surface area contributed by atoms with Gasteiger partial charge in [-0.25, -0.2) is 0 Å². The molecule has 0 aromatic heterocycles. The van der Waals surface area contributed by atoms with Crippen molar-refractivity contribution < 1.29 is 9.59 Å². The van der Waals surface area contributed by atoms with Crippen LogP contribution in [0, 0.1) is 0 Å². The van der Waals surface area contributed by atoms with E-state index in [0.717, 1.165) is 56.9 Å². The summed E-state index contributed by atoms with van der Waals surface area (Å²) >= 11 is 12.0. The van der Waals surface area contributed by atoms with E-state index in [4.69, 9.17) is 23.2 Å². The molecule has 0 unspecified atom stereocenters. The number of rotatable bonds is 6. The van der Waals surface area contributed by atoms with Crippen molar-refractivity contribution >= 4 is 35.0 Å². The first-order chi connectivity index (χ1) is 13.6. The fourth-order valence-electron chi connectivity index (χ4n) is 4.60. The molecular formula is C22H30Cl2N2O2. The van der Waals surface area contributed by atoms with Crippen LogP contribution in [0.5, 0.6) is 0 Å². The van der Waals surface area contributed by atoms with E-state index < -0.39 is 6.04 Å². The Bertz CT molecular complexity index is 651. The van der Waals surface area contributed by atoms with Crippen molar-refractivity contribution in [2.45, 2.75) is 82.3 Å². The normalized spacial score (nSPS) is 19.8. The highest BCUT2D eigenvalue weighted by molar-refractivity contribution is 6.30. The van der Waals surface area contributed by atoms with E-state index in [1.807, 2.05) is 12.1 Å². The summed E-state index contributed by atoms with van der Waals surface area (Å²) in [7, 11) is 0. The van der Waals surface area contributed by atoms with Gasteiger partial charge in [0.05, 0.1) is 0 Å². The minimum atomic E-state index is -0.658. The van der Waals surface area contributed by atoms with Crippen LogP contribution < -0.4 is 5.32 Å². The number of nitrogens with zero attached hydrogens (tertiary/aromatic N) is 1. The van der Waals surface area contributed by atoms with E-state index >= 15 is 0 Å². The molecule has 6 heteroatoms. The molecule has 1 atom stereocenters. The minimum absolute atomic E-state index is 0.0619. The third-order valence-electron chi connectivity index (χ3n) is 6.03. The van der Waals surface area contributed by atoms with E-state index in [1.54, 1.807) is 17.0 Å². The molecule has 1 aromatic rings. The number of carbonyl (C=O) groups is 2. The van der Waals surface area contributed by atoms with Gasteiger partial charge in [-0.15, -0.1) is 11.6 Å². The van der Waals surface area contributed by atoms with E-state index in [0.29, 0.717) is 5.02 Å². The van der Waals surface area contributed by atoms with E-state index in [2.05, 4.69) is 5.32 Å². The van der Waals surface area contributed by atoms with Crippen molar-refractivity contribution in [3.05, 3.63) is 34.9 Å². The highest BCUT2D eigenvalue weighted by Gasteiger charge is 2.37. The first-order valence-electron chi connectivity index (χ1n) is 10.5. The Labute approximate surface area is 177 Å². The second-order valence-corrected chi connectivity index (χ2v) is 8.73. The predicted molar refractivity (Wildman–Crippen MR) is 114 cm³/mol. The van der Waals surface area contributed by atoms with Gasteiger partial charge in [0, 0.05) is 17.1 Å². The Hall–Kier alpha value is -1.26. The number of nitrogens with one attached hydrogen (secondary N) is 1. The number of hydrogen-bond acceptors (Lipinski definition) is 2. The fraction of sp³-hybridized carbons (Fsp3) is 0.636. The topological polar surface area (TPSA) is 49.4 Å². The lowest BCUT2D eigenvalue weighted by Gasteiger charge is -2.36. The Morgan fingerprint density at radius 3 is 2.11 bits per heavy atom. The van der Waals surface area contributed by atoms with Gasteiger partial charge in [0.25, 0.3) is 0 Å². The number of alkyl halides is 1. The molecule has 1 aromatic carbocycles. The minimum Gasteiger partial charge on any atom is -0.351 e. The summed E-state index contributed by atoms with van der Waals surface area (Å²) in [6.45, 7) is 0. The summed E-state index contributed by atoms with van der Waals surface area (Å²) in [6, 6.07) is 6.84. The van der Waals surface area contributed by atoms with Gasteiger partial charge in [-0.2, -0.15) is 0 Å². The maximum absolute atomic E-state index is 13.4. The van der Waals surface area contributed by atoms with Crippen LogP contribution in [0.25, 0.3) is 0 Å². The summed E-state index contributed by atoms with van der Waals surface area (Å²) in [5, 5.41) is 3.86. The van der Waals surface area contributed by atoms with Crippen molar-refractivity contribution in [2.75, 3.05) is 5.88 Å². The molecule has 2 fully saturated rings. The van der Waals surface area contributed by atoms with Crippen LogP contribution >= 0.6 is 23.2 Å². The Morgan fingerprint density at radius 1 is 0.964 bits per heavy atom. The van der Waals surface area contributed by atoms with Gasteiger partial charge < -0.3 is 10.2 Å². The van der Waals surface area contributed by atoms with Crippen molar-refractivity contribution in [2.24, 2.45) is 0 Å². The molecule has 4 nitrogen and oxygen atoms in total. The van der Waals surface area contributed by atoms with Crippen LogP contribution in [-0.4, -0.2) is 34.7 Å². The maximum atomic E-state index is 13.4. The highest BCUT2D eigenvalue weighted by Crippen LogP contribution is 2.33. The summed E-state index contributed by atoms with van der Waals surface area (Å²) in [4.78, 5) is 28.0. The summed E-state index contributed by atoms with van der Waals surface area (Å²) < 4.78 is 0. The molecule has 2 saturated carbocycles. The SMILES string of the molecule is O=C(NC1CCCCCC1)[C@@H](c1ccc(Cl)cc1)N(C(=O)CCl)C1CCCC1.